The SMILES string of the molecule is CCCC(C)OC(=O)O[C@H](C)[C@@H](C)OC(=O)[C@@H](N)Cc1ccc(O)c(O)c1. The van der Waals surface area contributed by atoms with Gasteiger partial charge >= 0.3 is 12.1 Å². The van der Waals surface area contributed by atoms with Gasteiger partial charge in [-0.3, -0.25) is 4.79 Å². The normalized spacial score (nSPS) is 15.3. The van der Waals surface area contributed by atoms with E-state index in [2.05, 4.69) is 0 Å². The van der Waals surface area contributed by atoms with Crippen LogP contribution in [-0.4, -0.2) is 46.7 Å². The molecule has 152 valence electrons. The lowest BCUT2D eigenvalue weighted by Crippen LogP contribution is -2.39. The minimum absolute atomic E-state index is 0.116. The molecule has 0 aliphatic rings. The summed E-state index contributed by atoms with van der Waals surface area (Å²) in [6, 6.07) is 3.21. The Balaban J connectivity index is 2.49. The first-order chi connectivity index (χ1) is 12.6. The highest BCUT2D eigenvalue weighted by atomic mass is 16.7. The molecule has 0 saturated heterocycles. The molecule has 8 heteroatoms. The van der Waals surface area contributed by atoms with Gasteiger partial charge in [0.1, 0.15) is 24.4 Å². The summed E-state index contributed by atoms with van der Waals surface area (Å²) in [5, 5.41) is 18.8. The fourth-order valence-electron chi connectivity index (χ4n) is 2.30. The molecule has 0 saturated carbocycles. The van der Waals surface area contributed by atoms with Gasteiger partial charge in [-0.05, 0) is 51.3 Å². The van der Waals surface area contributed by atoms with Gasteiger partial charge in [-0.1, -0.05) is 19.4 Å². The van der Waals surface area contributed by atoms with Crippen LogP contribution in [0.3, 0.4) is 0 Å². The predicted octanol–water partition coefficient (Wildman–Crippen LogP) is 2.63. The van der Waals surface area contributed by atoms with Crippen molar-refractivity contribution in [1.82, 2.24) is 0 Å². The van der Waals surface area contributed by atoms with Crippen molar-refractivity contribution in [2.45, 2.75) is 71.3 Å². The first kappa shape index (κ1) is 22.6. The van der Waals surface area contributed by atoms with Crippen LogP contribution in [0.5, 0.6) is 11.5 Å². The van der Waals surface area contributed by atoms with Crippen molar-refractivity contribution in [3.63, 3.8) is 0 Å². The zero-order valence-corrected chi connectivity index (χ0v) is 16.2. The van der Waals surface area contributed by atoms with Gasteiger partial charge in [0, 0.05) is 0 Å². The van der Waals surface area contributed by atoms with Gasteiger partial charge in [0.25, 0.3) is 0 Å². The number of aromatic hydroxyl groups is 2. The van der Waals surface area contributed by atoms with Crippen LogP contribution in [0.1, 0.15) is 46.1 Å². The molecule has 0 bridgehead atoms. The van der Waals surface area contributed by atoms with Crippen LogP contribution >= 0.6 is 0 Å². The third-order valence-corrected chi connectivity index (χ3v) is 4.04. The van der Waals surface area contributed by atoms with Gasteiger partial charge in [0.05, 0.1) is 0 Å². The molecule has 0 aliphatic heterocycles. The lowest BCUT2D eigenvalue weighted by molar-refractivity contribution is -0.155. The van der Waals surface area contributed by atoms with E-state index in [0.29, 0.717) is 5.56 Å². The number of rotatable bonds is 9. The highest BCUT2D eigenvalue weighted by Gasteiger charge is 2.25. The molecule has 8 nitrogen and oxygen atoms in total. The fraction of sp³-hybridized carbons (Fsp3) is 0.579. The van der Waals surface area contributed by atoms with Crippen molar-refractivity contribution >= 4 is 12.1 Å². The van der Waals surface area contributed by atoms with Gasteiger partial charge in [-0.15, -0.1) is 0 Å². The second kappa shape index (κ2) is 10.6. The smallest absolute Gasteiger partial charge is 0.504 e. The lowest BCUT2D eigenvalue weighted by Gasteiger charge is -2.23. The molecule has 4 N–H and O–H groups in total. The van der Waals surface area contributed by atoms with Gasteiger partial charge in [0.15, 0.2) is 11.5 Å². The molecule has 4 atom stereocenters. The number of nitrogens with two attached hydrogens (primary N) is 1. The molecule has 0 aliphatic carbocycles. The molecule has 0 spiro atoms. The van der Waals surface area contributed by atoms with Crippen LogP contribution in [0.25, 0.3) is 0 Å². The topological polar surface area (TPSA) is 128 Å². The van der Waals surface area contributed by atoms with Crippen molar-refractivity contribution in [3.05, 3.63) is 23.8 Å². The van der Waals surface area contributed by atoms with Crippen molar-refractivity contribution in [3.8, 4) is 11.5 Å². The maximum absolute atomic E-state index is 12.1. The van der Waals surface area contributed by atoms with Crippen molar-refractivity contribution in [1.29, 1.82) is 0 Å². The summed E-state index contributed by atoms with van der Waals surface area (Å²) in [5.41, 5.74) is 6.40. The Labute approximate surface area is 159 Å². The van der Waals surface area contributed by atoms with Crippen molar-refractivity contribution in [2.75, 3.05) is 0 Å². The van der Waals surface area contributed by atoms with Crippen molar-refractivity contribution in [2.24, 2.45) is 5.73 Å². The van der Waals surface area contributed by atoms with Crippen LogP contribution in [0, 0.1) is 0 Å². The van der Waals surface area contributed by atoms with Crippen LogP contribution in [0.2, 0.25) is 0 Å². The standard InChI is InChI=1S/C19H29NO7/c1-5-6-11(2)25-19(24)27-13(4)12(3)26-18(23)15(20)9-14-7-8-16(21)17(22)10-14/h7-8,10-13,15,21-22H,5-6,9,20H2,1-4H3/t11?,12-,13-,15+/m1/s1. The monoisotopic (exact) mass is 383 g/mol. The molecule has 1 unspecified atom stereocenters. The maximum atomic E-state index is 12.1. The molecule has 0 amide bonds. The first-order valence-corrected chi connectivity index (χ1v) is 8.98. The number of benzene rings is 1. The second-order valence-electron chi connectivity index (χ2n) is 6.57. The fourth-order valence-corrected chi connectivity index (χ4v) is 2.30. The second-order valence-corrected chi connectivity index (χ2v) is 6.57. The summed E-state index contributed by atoms with van der Waals surface area (Å²) in [6.45, 7) is 6.94. The highest BCUT2D eigenvalue weighted by Crippen LogP contribution is 2.25. The Bertz CT molecular complexity index is 634. The van der Waals surface area contributed by atoms with Gasteiger partial charge in [0.2, 0.25) is 0 Å². The highest BCUT2D eigenvalue weighted by molar-refractivity contribution is 5.76. The molecule has 0 aromatic heterocycles. The number of phenols is 2. The molecule has 1 aromatic rings. The summed E-state index contributed by atoms with van der Waals surface area (Å²) in [4.78, 5) is 23.8. The van der Waals surface area contributed by atoms with Gasteiger partial charge < -0.3 is 30.2 Å². The van der Waals surface area contributed by atoms with Gasteiger partial charge in [-0.2, -0.15) is 0 Å². The summed E-state index contributed by atoms with van der Waals surface area (Å²) in [7, 11) is 0. The zero-order valence-electron chi connectivity index (χ0n) is 16.2. The zero-order chi connectivity index (χ0) is 20.6. The maximum Gasteiger partial charge on any atom is 0.508 e. The first-order valence-electron chi connectivity index (χ1n) is 8.98. The van der Waals surface area contributed by atoms with E-state index in [9.17, 15) is 19.8 Å². The van der Waals surface area contributed by atoms with E-state index in [-0.39, 0.29) is 24.0 Å². The average Bonchev–Trinajstić information content (AvgIpc) is 2.57. The minimum atomic E-state index is -0.972. The lowest BCUT2D eigenvalue weighted by atomic mass is 10.1. The van der Waals surface area contributed by atoms with Crippen LogP contribution in [-0.2, 0) is 25.4 Å². The molecule has 0 fully saturated rings. The largest absolute Gasteiger partial charge is 0.508 e. The van der Waals surface area contributed by atoms with E-state index in [1.807, 2.05) is 6.92 Å². The van der Waals surface area contributed by atoms with E-state index in [1.54, 1.807) is 26.8 Å². The Morgan fingerprint density at radius 3 is 2.26 bits per heavy atom. The third-order valence-electron chi connectivity index (χ3n) is 4.04. The molecule has 0 heterocycles. The molecular formula is C19H29NO7. The Kier molecular flexibility index (Phi) is 8.87. The number of phenolic OH excluding ortho intramolecular Hbond substituents is 2. The quantitative estimate of drug-likeness (QED) is 0.438. The minimum Gasteiger partial charge on any atom is -0.504 e. The summed E-state index contributed by atoms with van der Waals surface area (Å²) in [5.74, 6) is -1.22. The van der Waals surface area contributed by atoms with E-state index < -0.39 is 30.4 Å². The van der Waals surface area contributed by atoms with Crippen LogP contribution in [0.4, 0.5) is 4.79 Å². The predicted molar refractivity (Wildman–Crippen MR) is 98.4 cm³/mol. The third kappa shape index (κ3) is 7.74. The van der Waals surface area contributed by atoms with Crippen molar-refractivity contribution < 1.29 is 34.0 Å². The Morgan fingerprint density at radius 1 is 1.04 bits per heavy atom. The van der Waals surface area contributed by atoms with Crippen LogP contribution < -0.4 is 5.73 Å². The number of carbonyl (C=O) groups is 2. The number of hydrogen-bond acceptors (Lipinski definition) is 8. The molecule has 1 rings (SSSR count). The number of hydrogen-bond donors (Lipinski definition) is 3. The van der Waals surface area contributed by atoms with E-state index >= 15 is 0 Å². The number of ether oxygens (including phenoxy) is 3. The summed E-state index contributed by atoms with van der Waals surface area (Å²) in [6.07, 6.45) is -0.751. The summed E-state index contributed by atoms with van der Waals surface area (Å²) < 4.78 is 15.5. The number of carbonyl (C=O) groups excluding carboxylic acids is 2. The van der Waals surface area contributed by atoms with E-state index in [0.717, 1.165) is 12.8 Å². The molecule has 27 heavy (non-hydrogen) atoms. The Hall–Kier alpha value is -2.48. The van der Waals surface area contributed by atoms with E-state index in [1.165, 1.54) is 12.1 Å². The van der Waals surface area contributed by atoms with E-state index in [4.69, 9.17) is 19.9 Å². The molecule has 1 aromatic carbocycles. The average molecular weight is 383 g/mol. The van der Waals surface area contributed by atoms with Crippen LogP contribution in [0.15, 0.2) is 18.2 Å². The number of esters is 1. The van der Waals surface area contributed by atoms with Gasteiger partial charge in [-0.25, -0.2) is 4.79 Å². The molecular weight excluding hydrogens is 354 g/mol. The Morgan fingerprint density at radius 2 is 1.67 bits per heavy atom. The molecule has 0 radical (unpaired) electrons. The summed E-state index contributed by atoms with van der Waals surface area (Å²) >= 11 is 0.